The van der Waals surface area contributed by atoms with Crippen LogP contribution in [0.25, 0.3) is 0 Å². The molecule has 1 aromatic rings. The van der Waals surface area contributed by atoms with E-state index in [2.05, 4.69) is 5.32 Å². The number of hydrogen-bond donors (Lipinski definition) is 1. The molecule has 2 amide bonds. The molecule has 104 valence electrons. The Morgan fingerprint density at radius 3 is 2.63 bits per heavy atom. The topological polar surface area (TPSA) is 62.6 Å². The molecule has 1 N–H and O–H groups in total. The van der Waals surface area contributed by atoms with Gasteiger partial charge in [0, 0.05) is 0 Å². The highest BCUT2D eigenvalue weighted by Gasteiger charge is 2.40. The molecule has 1 saturated heterocycles. The van der Waals surface area contributed by atoms with Crippen molar-refractivity contribution in [3.05, 3.63) is 23.7 Å². The Kier molecular flexibility index (Phi) is 3.64. The first-order valence-corrected chi connectivity index (χ1v) is 6.64. The van der Waals surface area contributed by atoms with Gasteiger partial charge in [-0.15, -0.1) is 0 Å². The number of carbonyl (C=O) groups excluding carboxylic acids is 2. The third-order valence-electron chi connectivity index (χ3n) is 3.66. The zero-order chi connectivity index (χ0) is 14.2. The zero-order valence-electron chi connectivity index (χ0n) is 11.8. The van der Waals surface area contributed by atoms with Crippen LogP contribution in [0.2, 0.25) is 0 Å². The van der Waals surface area contributed by atoms with E-state index in [9.17, 15) is 9.59 Å². The highest BCUT2D eigenvalue weighted by molar-refractivity contribution is 5.96. The van der Waals surface area contributed by atoms with Crippen molar-refractivity contribution in [2.45, 2.75) is 52.2 Å². The summed E-state index contributed by atoms with van der Waals surface area (Å²) in [6.45, 7) is 7.38. The minimum Gasteiger partial charge on any atom is -0.464 e. The van der Waals surface area contributed by atoms with E-state index in [1.807, 2.05) is 32.9 Å². The zero-order valence-corrected chi connectivity index (χ0v) is 11.8. The van der Waals surface area contributed by atoms with E-state index in [1.165, 1.54) is 0 Å². The fourth-order valence-corrected chi connectivity index (χ4v) is 2.47. The molecule has 0 aliphatic carbocycles. The van der Waals surface area contributed by atoms with Crippen LogP contribution in [0.1, 0.15) is 44.8 Å². The van der Waals surface area contributed by atoms with E-state index in [0.717, 1.165) is 5.76 Å². The van der Waals surface area contributed by atoms with E-state index in [4.69, 9.17) is 4.42 Å². The van der Waals surface area contributed by atoms with Crippen LogP contribution in [-0.2, 0) is 9.59 Å². The quantitative estimate of drug-likeness (QED) is 0.905. The summed E-state index contributed by atoms with van der Waals surface area (Å²) in [5.41, 5.74) is 0. The lowest BCUT2D eigenvalue weighted by Crippen LogP contribution is -2.62. The van der Waals surface area contributed by atoms with E-state index in [0.29, 0.717) is 12.2 Å². The number of rotatable bonds is 3. The highest BCUT2D eigenvalue weighted by atomic mass is 16.3. The summed E-state index contributed by atoms with van der Waals surface area (Å²) in [6.07, 6.45) is 0.595. The molecule has 3 atom stereocenters. The second-order valence-electron chi connectivity index (χ2n) is 5.02. The van der Waals surface area contributed by atoms with Gasteiger partial charge < -0.3 is 14.6 Å². The Bertz CT molecular complexity index is 495. The Hall–Kier alpha value is -1.78. The van der Waals surface area contributed by atoms with E-state index < -0.39 is 12.1 Å². The van der Waals surface area contributed by atoms with Gasteiger partial charge >= 0.3 is 0 Å². The van der Waals surface area contributed by atoms with Crippen molar-refractivity contribution in [2.75, 3.05) is 0 Å². The lowest BCUT2D eigenvalue weighted by Gasteiger charge is -2.40. The number of hydrogen-bond acceptors (Lipinski definition) is 3. The summed E-state index contributed by atoms with van der Waals surface area (Å²) in [5, 5.41) is 2.75. The van der Waals surface area contributed by atoms with Crippen molar-refractivity contribution in [2.24, 2.45) is 0 Å². The second kappa shape index (κ2) is 5.07. The number of piperazine rings is 1. The number of nitrogens with one attached hydrogen (secondary N) is 1. The monoisotopic (exact) mass is 264 g/mol. The van der Waals surface area contributed by atoms with E-state index >= 15 is 0 Å². The number of nitrogens with zero attached hydrogens (tertiary/aromatic N) is 1. The molecule has 5 nitrogen and oxygen atoms in total. The summed E-state index contributed by atoms with van der Waals surface area (Å²) < 4.78 is 5.57. The van der Waals surface area contributed by atoms with Crippen LogP contribution >= 0.6 is 0 Å². The first kappa shape index (κ1) is 13.6. The second-order valence-corrected chi connectivity index (χ2v) is 5.02. The van der Waals surface area contributed by atoms with Crippen LogP contribution in [-0.4, -0.2) is 28.8 Å². The lowest BCUT2D eigenvalue weighted by molar-refractivity contribution is -0.151. The van der Waals surface area contributed by atoms with Crippen molar-refractivity contribution < 1.29 is 14.0 Å². The highest BCUT2D eigenvalue weighted by Crippen LogP contribution is 2.27. The van der Waals surface area contributed by atoms with Crippen molar-refractivity contribution >= 4 is 11.8 Å². The molecule has 2 heterocycles. The standard InChI is InChI=1S/C14H20N2O3/c1-5-11-14(18)16(10(4)13(17)15-11)9(3)12-7-6-8(2)19-12/h6-7,9-11H,5H2,1-4H3,(H,15,17). The predicted octanol–water partition coefficient (Wildman–Crippen LogP) is 1.77. The minimum absolute atomic E-state index is 0.0452. The van der Waals surface area contributed by atoms with Gasteiger partial charge in [-0.25, -0.2) is 0 Å². The van der Waals surface area contributed by atoms with Crippen molar-refractivity contribution in [1.29, 1.82) is 0 Å². The van der Waals surface area contributed by atoms with Crippen LogP contribution in [0.3, 0.4) is 0 Å². The van der Waals surface area contributed by atoms with Gasteiger partial charge in [-0.05, 0) is 39.3 Å². The summed E-state index contributed by atoms with van der Waals surface area (Å²) >= 11 is 0. The largest absolute Gasteiger partial charge is 0.464 e. The molecule has 1 aromatic heterocycles. The summed E-state index contributed by atoms with van der Waals surface area (Å²) in [4.78, 5) is 25.9. The maximum Gasteiger partial charge on any atom is 0.246 e. The molecule has 0 radical (unpaired) electrons. The Morgan fingerprint density at radius 1 is 1.42 bits per heavy atom. The van der Waals surface area contributed by atoms with Crippen molar-refractivity contribution in [3.63, 3.8) is 0 Å². The number of amides is 2. The number of furan rings is 1. The normalized spacial score (nSPS) is 25.4. The van der Waals surface area contributed by atoms with Gasteiger partial charge in [-0.3, -0.25) is 9.59 Å². The van der Waals surface area contributed by atoms with Crippen LogP contribution in [0.4, 0.5) is 0 Å². The van der Waals surface area contributed by atoms with Crippen LogP contribution < -0.4 is 5.32 Å². The number of aryl methyl sites for hydroxylation is 1. The molecule has 2 rings (SSSR count). The maximum atomic E-state index is 12.4. The van der Waals surface area contributed by atoms with Crippen LogP contribution in [0.5, 0.6) is 0 Å². The Labute approximate surface area is 113 Å². The third kappa shape index (κ3) is 2.37. The van der Waals surface area contributed by atoms with Gasteiger partial charge in [0.05, 0.1) is 6.04 Å². The summed E-state index contributed by atoms with van der Waals surface area (Å²) in [6, 6.07) is 2.57. The van der Waals surface area contributed by atoms with E-state index in [-0.39, 0.29) is 17.9 Å². The van der Waals surface area contributed by atoms with Gasteiger partial charge in [0.1, 0.15) is 23.6 Å². The molecule has 0 spiro atoms. The molecule has 3 unspecified atom stereocenters. The van der Waals surface area contributed by atoms with Crippen molar-refractivity contribution in [3.8, 4) is 0 Å². The van der Waals surface area contributed by atoms with Gasteiger partial charge in [-0.2, -0.15) is 0 Å². The molecule has 0 aromatic carbocycles. The fraction of sp³-hybridized carbons (Fsp3) is 0.571. The van der Waals surface area contributed by atoms with Gasteiger partial charge in [0.2, 0.25) is 11.8 Å². The Morgan fingerprint density at radius 2 is 2.11 bits per heavy atom. The molecule has 0 bridgehead atoms. The fourth-order valence-electron chi connectivity index (χ4n) is 2.47. The first-order valence-electron chi connectivity index (χ1n) is 6.64. The van der Waals surface area contributed by atoms with Gasteiger partial charge in [0.15, 0.2) is 0 Å². The van der Waals surface area contributed by atoms with Crippen LogP contribution in [0, 0.1) is 6.92 Å². The average Bonchev–Trinajstić information content (AvgIpc) is 2.80. The molecule has 1 aliphatic heterocycles. The molecule has 1 aliphatic rings. The Balaban J connectivity index is 2.29. The minimum atomic E-state index is -0.476. The van der Waals surface area contributed by atoms with E-state index in [1.54, 1.807) is 11.8 Å². The van der Waals surface area contributed by atoms with Gasteiger partial charge in [0.25, 0.3) is 0 Å². The molecule has 0 saturated carbocycles. The lowest BCUT2D eigenvalue weighted by atomic mass is 10.0. The smallest absolute Gasteiger partial charge is 0.246 e. The molecule has 5 heteroatoms. The average molecular weight is 264 g/mol. The predicted molar refractivity (Wildman–Crippen MR) is 70.4 cm³/mol. The number of carbonyl (C=O) groups is 2. The van der Waals surface area contributed by atoms with Gasteiger partial charge in [-0.1, -0.05) is 6.92 Å². The SMILES string of the molecule is CCC1NC(=O)C(C)N(C(C)c2ccc(C)o2)C1=O. The summed E-state index contributed by atoms with van der Waals surface area (Å²) in [7, 11) is 0. The summed E-state index contributed by atoms with van der Waals surface area (Å²) in [5.74, 6) is 1.36. The first-order chi connectivity index (χ1) is 8.95. The molecule has 1 fully saturated rings. The maximum absolute atomic E-state index is 12.4. The molecular formula is C14H20N2O3. The molecule has 19 heavy (non-hydrogen) atoms. The van der Waals surface area contributed by atoms with Crippen molar-refractivity contribution in [1.82, 2.24) is 10.2 Å². The molecular weight excluding hydrogens is 244 g/mol. The van der Waals surface area contributed by atoms with Crippen LogP contribution in [0.15, 0.2) is 16.5 Å². The third-order valence-corrected chi connectivity index (χ3v) is 3.66.